The molecule has 4 nitrogen and oxygen atoms in total. The van der Waals surface area contributed by atoms with Gasteiger partial charge in [0, 0.05) is 31.2 Å². The van der Waals surface area contributed by atoms with Crippen LogP contribution in [0.25, 0.3) is 0 Å². The number of hydrogen-bond acceptors (Lipinski definition) is 3. The lowest BCUT2D eigenvalue weighted by molar-refractivity contribution is -0.124. The van der Waals surface area contributed by atoms with Crippen molar-refractivity contribution in [1.29, 1.82) is 0 Å². The van der Waals surface area contributed by atoms with Crippen LogP contribution in [0.1, 0.15) is 40.0 Å². The van der Waals surface area contributed by atoms with Crippen molar-refractivity contribution < 1.29 is 9.53 Å². The third kappa shape index (κ3) is 4.49. The van der Waals surface area contributed by atoms with Gasteiger partial charge < -0.3 is 15.4 Å². The van der Waals surface area contributed by atoms with Crippen molar-refractivity contribution in [1.82, 2.24) is 10.6 Å². The molecule has 0 aromatic carbocycles. The smallest absolute Gasteiger partial charge is 0.221 e. The van der Waals surface area contributed by atoms with Crippen LogP contribution in [0.2, 0.25) is 0 Å². The standard InChI is InChI=1S/C12H24N2O2/c1-4-13-10(2)9-11(15)14-12(3)5-7-16-8-6-12/h10,13H,4-9H2,1-3H3,(H,14,15). The topological polar surface area (TPSA) is 50.4 Å². The first-order valence-corrected chi connectivity index (χ1v) is 6.18. The third-order valence-electron chi connectivity index (χ3n) is 3.08. The molecule has 4 heteroatoms. The van der Waals surface area contributed by atoms with Crippen LogP contribution in [0.5, 0.6) is 0 Å². The molecule has 94 valence electrons. The summed E-state index contributed by atoms with van der Waals surface area (Å²) in [5.74, 6) is 0.137. The van der Waals surface area contributed by atoms with Crippen molar-refractivity contribution in [3.8, 4) is 0 Å². The zero-order valence-corrected chi connectivity index (χ0v) is 10.6. The Labute approximate surface area is 98.1 Å². The van der Waals surface area contributed by atoms with Crippen molar-refractivity contribution in [3.63, 3.8) is 0 Å². The van der Waals surface area contributed by atoms with Gasteiger partial charge in [0.25, 0.3) is 0 Å². The van der Waals surface area contributed by atoms with E-state index in [0.29, 0.717) is 6.42 Å². The van der Waals surface area contributed by atoms with Crippen molar-refractivity contribution in [2.24, 2.45) is 0 Å². The van der Waals surface area contributed by atoms with Crippen LogP contribution in [0.4, 0.5) is 0 Å². The van der Waals surface area contributed by atoms with E-state index >= 15 is 0 Å². The fourth-order valence-electron chi connectivity index (χ4n) is 2.03. The van der Waals surface area contributed by atoms with Crippen LogP contribution in [-0.4, -0.2) is 37.2 Å². The molecule has 1 aliphatic rings. The van der Waals surface area contributed by atoms with Crippen LogP contribution in [-0.2, 0) is 9.53 Å². The van der Waals surface area contributed by atoms with Gasteiger partial charge in [0.15, 0.2) is 0 Å². The largest absolute Gasteiger partial charge is 0.381 e. The van der Waals surface area contributed by atoms with Crippen molar-refractivity contribution >= 4 is 5.91 Å². The van der Waals surface area contributed by atoms with E-state index in [1.54, 1.807) is 0 Å². The van der Waals surface area contributed by atoms with Gasteiger partial charge in [-0.3, -0.25) is 4.79 Å². The highest BCUT2D eigenvalue weighted by Gasteiger charge is 2.28. The Morgan fingerprint density at radius 1 is 1.44 bits per heavy atom. The molecule has 0 aliphatic carbocycles. The monoisotopic (exact) mass is 228 g/mol. The van der Waals surface area contributed by atoms with E-state index in [1.807, 2.05) is 13.8 Å². The molecule has 1 rings (SSSR count). The molecule has 0 spiro atoms. The highest BCUT2D eigenvalue weighted by Crippen LogP contribution is 2.19. The Hall–Kier alpha value is -0.610. The zero-order valence-electron chi connectivity index (χ0n) is 10.6. The second kappa shape index (κ2) is 6.21. The molecule has 1 amide bonds. The third-order valence-corrected chi connectivity index (χ3v) is 3.08. The first kappa shape index (κ1) is 13.5. The number of ether oxygens (including phenoxy) is 1. The van der Waals surface area contributed by atoms with Gasteiger partial charge in [-0.25, -0.2) is 0 Å². The highest BCUT2D eigenvalue weighted by molar-refractivity contribution is 5.77. The van der Waals surface area contributed by atoms with E-state index in [2.05, 4.69) is 17.6 Å². The van der Waals surface area contributed by atoms with E-state index in [-0.39, 0.29) is 17.5 Å². The summed E-state index contributed by atoms with van der Waals surface area (Å²) in [6, 6.07) is 0.244. The summed E-state index contributed by atoms with van der Waals surface area (Å²) in [7, 11) is 0. The van der Waals surface area contributed by atoms with Crippen LogP contribution >= 0.6 is 0 Å². The van der Waals surface area contributed by atoms with Gasteiger partial charge in [0.1, 0.15) is 0 Å². The van der Waals surface area contributed by atoms with Crippen LogP contribution < -0.4 is 10.6 Å². The van der Waals surface area contributed by atoms with Gasteiger partial charge in [0.05, 0.1) is 0 Å². The summed E-state index contributed by atoms with van der Waals surface area (Å²) in [6.07, 6.45) is 2.37. The maximum Gasteiger partial charge on any atom is 0.221 e. The van der Waals surface area contributed by atoms with Crippen LogP contribution in [0.15, 0.2) is 0 Å². The summed E-state index contributed by atoms with van der Waals surface area (Å²) in [4.78, 5) is 11.8. The number of amides is 1. The average Bonchev–Trinajstić information content (AvgIpc) is 2.17. The summed E-state index contributed by atoms with van der Waals surface area (Å²) >= 11 is 0. The van der Waals surface area contributed by atoms with E-state index < -0.39 is 0 Å². The lowest BCUT2D eigenvalue weighted by atomic mass is 9.92. The van der Waals surface area contributed by atoms with Gasteiger partial charge in [-0.1, -0.05) is 6.92 Å². The number of rotatable bonds is 5. The molecule has 1 unspecified atom stereocenters. The molecule has 0 bridgehead atoms. The second-order valence-corrected chi connectivity index (χ2v) is 4.88. The molecule has 0 saturated carbocycles. The molecule has 1 heterocycles. The Morgan fingerprint density at radius 3 is 2.62 bits per heavy atom. The number of carbonyl (C=O) groups excluding carboxylic acids is 1. The first-order chi connectivity index (χ1) is 7.56. The maximum absolute atomic E-state index is 11.8. The quantitative estimate of drug-likeness (QED) is 0.740. The minimum absolute atomic E-state index is 0.0682. The van der Waals surface area contributed by atoms with Crippen molar-refractivity contribution in [2.75, 3.05) is 19.8 Å². The minimum Gasteiger partial charge on any atom is -0.381 e. The summed E-state index contributed by atoms with van der Waals surface area (Å²) < 4.78 is 5.30. The highest BCUT2D eigenvalue weighted by atomic mass is 16.5. The predicted molar refractivity (Wildman–Crippen MR) is 64.4 cm³/mol. The summed E-state index contributed by atoms with van der Waals surface area (Å²) in [6.45, 7) is 8.59. The molecule has 2 N–H and O–H groups in total. The van der Waals surface area contributed by atoms with Gasteiger partial charge in [0.2, 0.25) is 5.91 Å². The fraction of sp³-hybridized carbons (Fsp3) is 0.917. The Bertz CT molecular complexity index is 225. The molecule has 1 saturated heterocycles. The molecular formula is C12H24N2O2. The molecule has 16 heavy (non-hydrogen) atoms. The van der Waals surface area contributed by atoms with Gasteiger partial charge in [-0.2, -0.15) is 0 Å². The second-order valence-electron chi connectivity index (χ2n) is 4.88. The molecule has 0 aromatic rings. The molecule has 0 radical (unpaired) electrons. The molecule has 1 aliphatic heterocycles. The Kier molecular flexibility index (Phi) is 5.22. The van der Waals surface area contributed by atoms with E-state index in [4.69, 9.17) is 4.74 Å². The van der Waals surface area contributed by atoms with E-state index in [9.17, 15) is 4.79 Å². The lowest BCUT2D eigenvalue weighted by Gasteiger charge is -2.34. The van der Waals surface area contributed by atoms with Crippen molar-refractivity contribution in [3.05, 3.63) is 0 Å². The molecule has 1 fully saturated rings. The number of carbonyl (C=O) groups is 1. The van der Waals surface area contributed by atoms with E-state index in [1.165, 1.54) is 0 Å². The Balaban J connectivity index is 2.32. The number of nitrogens with one attached hydrogen (secondary N) is 2. The molecular weight excluding hydrogens is 204 g/mol. The van der Waals surface area contributed by atoms with Gasteiger partial charge in [-0.15, -0.1) is 0 Å². The molecule has 0 aromatic heterocycles. The fourth-order valence-corrected chi connectivity index (χ4v) is 2.03. The van der Waals surface area contributed by atoms with Crippen molar-refractivity contribution in [2.45, 2.75) is 51.6 Å². The van der Waals surface area contributed by atoms with Gasteiger partial charge in [-0.05, 0) is 33.2 Å². The normalized spacial score (nSPS) is 21.4. The minimum atomic E-state index is -0.0682. The Morgan fingerprint density at radius 2 is 2.06 bits per heavy atom. The lowest BCUT2D eigenvalue weighted by Crippen LogP contribution is -2.50. The van der Waals surface area contributed by atoms with Crippen LogP contribution in [0.3, 0.4) is 0 Å². The maximum atomic E-state index is 11.8. The zero-order chi connectivity index (χ0) is 12.0. The average molecular weight is 228 g/mol. The predicted octanol–water partition coefficient (Wildman–Crippen LogP) is 1.06. The SMILES string of the molecule is CCNC(C)CC(=O)NC1(C)CCOCC1. The van der Waals surface area contributed by atoms with Gasteiger partial charge >= 0.3 is 0 Å². The summed E-state index contributed by atoms with van der Waals surface area (Å²) in [5, 5.41) is 6.37. The summed E-state index contributed by atoms with van der Waals surface area (Å²) in [5.41, 5.74) is -0.0682. The van der Waals surface area contributed by atoms with E-state index in [0.717, 1.165) is 32.6 Å². The molecule has 1 atom stereocenters. The van der Waals surface area contributed by atoms with Crippen LogP contribution in [0, 0.1) is 0 Å². The number of hydrogen-bond donors (Lipinski definition) is 2. The first-order valence-electron chi connectivity index (χ1n) is 6.18.